The van der Waals surface area contributed by atoms with E-state index in [2.05, 4.69) is 15.2 Å². The lowest BCUT2D eigenvalue weighted by Gasteiger charge is -2.08. The van der Waals surface area contributed by atoms with Gasteiger partial charge in [-0.25, -0.2) is 0 Å². The first kappa shape index (κ1) is 15.7. The molecule has 1 aliphatic rings. The van der Waals surface area contributed by atoms with Crippen molar-refractivity contribution < 1.29 is 13.9 Å². The number of benzene rings is 1. The van der Waals surface area contributed by atoms with E-state index in [1.165, 1.54) is 11.8 Å². The predicted molar refractivity (Wildman–Crippen MR) is 92.1 cm³/mol. The molecule has 6 nitrogen and oxygen atoms in total. The number of fused-ring (bicyclic) bond motifs is 1. The highest BCUT2D eigenvalue weighted by molar-refractivity contribution is 7.99. The predicted octanol–water partition coefficient (Wildman–Crippen LogP) is 3.51. The topological polar surface area (TPSA) is 73.2 Å². The van der Waals surface area contributed by atoms with Crippen molar-refractivity contribution in [2.45, 2.75) is 24.2 Å². The summed E-state index contributed by atoms with van der Waals surface area (Å²) in [5.74, 6) is 1.32. The molecule has 0 radical (unpaired) electrons. The molecule has 24 heavy (non-hydrogen) atoms. The van der Waals surface area contributed by atoms with E-state index in [1.54, 1.807) is 0 Å². The summed E-state index contributed by atoms with van der Waals surface area (Å²) in [4.78, 5) is 3.22. The van der Waals surface area contributed by atoms with Crippen LogP contribution in [-0.2, 0) is 9.47 Å². The molecule has 0 spiro atoms. The van der Waals surface area contributed by atoms with E-state index in [4.69, 9.17) is 13.9 Å². The summed E-state index contributed by atoms with van der Waals surface area (Å²) in [7, 11) is 0. The second-order valence-corrected chi connectivity index (χ2v) is 6.73. The molecule has 4 rings (SSSR count). The Kier molecular flexibility index (Phi) is 4.82. The number of ether oxygens (including phenoxy) is 2. The fourth-order valence-electron chi connectivity index (χ4n) is 2.80. The van der Waals surface area contributed by atoms with Crippen LogP contribution in [0.15, 0.2) is 40.1 Å². The third kappa shape index (κ3) is 3.48. The SMILES string of the molecule is c1ccc2c(-c3nnc(SCCOC[C@@H]4CCCO4)o3)c[nH]c2c1. The fourth-order valence-corrected chi connectivity index (χ4v) is 3.42. The minimum absolute atomic E-state index is 0.270. The van der Waals surface area contributed by atoms with Crippen molar-refractivity contribution >= 4 is 22.7 Å². The van der Waals surface area contributed by atoms with Crippen LogP contribution in [0.4, 0.5) is 0 Å². The Morgan fingerprint density at radius 3 is 3.17 bits per heavy atom. The van der Waals surface area contributed by atoms with Crippen molar-refractivity contribution in [3.05, 3.63) is 30.5 Å². The molecule has 0 saturated carbocycles. The first-order valence-corrected chi connectivity index (χ1v) is 9.11. The zero-order valence-electron chi connectivity index (χ0n) is 13.2. The third-order valence-electron chi connectivity index (χ3n) is 4.01. The van der Waals surface area contributed by atoms with Crippen molar-refractivity contribution in [2.75, 3.05) is 25.6 Å². The van der Waals surface area contributed by atoms with Crippen LogP contribution < -0.4 is 0 Å². The zero-order chi connectivity index (χ0) is 16.2. The molecule has 3 heterocycles. The Balaban J connectivity index is 1.30. The van der Waals surface area contributed by atoms with Gasteiger partial charge in [0.25, 0.3) is 11.1 Å². The summed E-state index contributed by atoms with van der Waals surface area (Å²) in [5.41, 5.74) is 1.99. The van der Waals surface area contributed by atoms with Crippen molar-refractivity contribution in [2.24, 2.45) is 0 Å². The lowest BCUT2D eigenvalue weighted by molar-refractivity contribution is 0.0225. The van der Waals surface area contributed by atoms with Crippen LogP contribution in [0, 0.1) is 0 Å². The van der Waals surface area contributed by atoms with Crippen molar-refractivity contribution in [3.8, 4) is 11.5 Å². The molecule has 1 aliphatic heterocycles. The average molecular weight is 345 g/mol. The number of thioether (sulfide) groups is 1. The minimum Gasteiger partial charge on any atom is -0.411 e. The zero-order valence-corrected chi connectivity index (χ0v) is 14.1. The summed E-state index contributed by atoms with van der Waals surface area (Å²) in [6.45, 7) is 2.18. The molecule has 1 atom stereocenters. The average Bonchev–Trinajstić information content (AvgIpc) is 3.35. The highest BCUT2D eigenvalue weighted by Gasteiger charge is 2.16. The molecule has 2 aromatic heterocycles. The van der Waals surface area contributed by atoms with Crippen LogP contribution in [0.2, 0.25) is 0 Å². The van der Waals surface area contributed by atoms with Crippen LogP contribution >= 0.6 is 11.8 Å². The van der Waals surface area contributed by atoms with Crippen molar-refractivity contribution in [1.82, 2.24) is 15.2 Å². The number of rotatable bonds is 7. The summed E-state index contributed by atoms with van der Waals surface area (Å²) in [6.07, 6.45) is 4.41. The Morgan fingerprint density at radius 1 is 1.29 bits per heavy atom. The van der Waals surface area contributed by atoms with Crippen LogP contribution in [0.25, 0.3) is 22.4 Å². The first-order valence-electron chi connectivity index (χ1n) is 8.12. The third-order valence-corrected chi connectivity index (χ3v) is 4.79. The van der Waals surface area contributed by atoms with Gasteiger partial charge >= 0.3 is 0 Å². The number of para-hydroxylation sites is 1. The molecule has 0 aliphatic carbocycles. The summed E-state index contributed by atoms with van der Waals surface area (Å²) in [6, 6.07) is 8.05. The highest BCUT2D eigenvalue weighted by Crippen LogP contribution is 2.29. The number of hydrogen-bond donors (Lipinski definition) is 1. The van der Waals surface area contributed by atoms with Crippen LogP contribution in [-0.4, -0.2) is 46.9 Å². The number of nitrogens with zero attached hydrogens (tertiary/aromatic N) is 2. The van der Waals surface area contributed by atoms with Gasteiger partial charge in [0, 0.05) is 29.5 Å². The maximum Gasteiger partial charge on any atom is 0.276 e. The van der Waals surface area contributed by atoms with Gasteiger partial charge in [-0.1, -0.05) is 30.0 Å². The Morgan fingerprint density at radius 2 is 2.25 bits per heavy atom. The maximum absolute atomic E-state index is 5.76. The lowest BCUT2D eigenvalue weighted by Crippen LogP contribution is -2.15. The Labute approximate surface area is 143 Å². The maximum atomic E-state index is 5.76. The molecular weight excluding hydrogens is 326 g/mol. The monoisotopic (exact) mass is 345 g/mol. The lowest BCUT2D eigenvalue weighted by atomic mass is 10.2. The molecule has 7 heteroatoms. The van der Waals surface area contributed by atoms with E-state index >= 15 is 0 Å². The second kappa shape index (κ2) is 7.38. The van der Waals surface area contributed by atoms with Crippen molar-refractivity contribution in [3.63, 3.8) is 0 Å². The van der Waals surface area contributed by atoms with E-state index in [0.29, 0.717) is 24.3 Å². The van der Waals surface area contributed by atoms with Gasteiger partial charge < -0.3 is 18.9 Å². The van der Waals surface area contributed by atoms with E-state index in [1.807, 2.05) is 30.5 Å². The van der Waals surface area contributed by atoms with Gasteiger partial charge in [-0.15, -0.1) is 10.2 Å². The van der Waals surface area contributed by atoms with E-state index in [9.17, 15) is 0 Å². The molecule has 0 unspecified atom stereocenters. The Bertz CT molecular complexity index is 795. The van der Waals surface area contributed by atoms with Crippen LogP contribution in [0.3, 0.4) is 0 Å². The molecule has 1 fully saturated rings. The number of hydrogen-bond acceptors (Lipinski definition) is 6. The molecule has 0 amide bonds. The van der Waals surface area contributed by atoms with E-state index in [0.717, 1.165) is 41.7 Å². The fraction of sp³-hybridized carbons (Fsp3) is 0.412. The minimum atomic E-state index is 0.270. The molecule has 1 saturated heterocycles. The molecule has 1 aromatic carbocycles. The standard InChI is InChI=1S/C17H19N3O3S/c1-2-6-15-13(5-1)14(10-18-15)16-19-20-17(23-16)24-9-8-21-11-12-4-3-7-22-12/h1-2,5-6,10,12,18H,3-4,7-9,11H2/t12-/m0/s1. The van der Waals surface area contributed by atoms with Gasteiger partial charge in [-0.2, -0.15) is 0 Å². The van der Waals surface area contributed by atoms with Crippen LogP contribution in [0.5, 0.6) is 0 Å². The molecular formula is C17H19N3O3S. The van der Waals surface area contributed by atoms with Gasteiger partial charge in [0.2, 0.25) is 0 Å². The van der Waals surface area contributed by atoms with Gasteiger partial charge in [-0.05, 0) is 18.9 Å². The second-order valence-electron chi connectivity index (χ2n) is 5.68. The molecule has 126 valence electrons. The molecule has 0 bridgehead atoms. The Hall–Kier alpha value is -1.83. The quantitative estimate of drug-likeness (QED) is 0.522. The van der Waals surface area contributed by atoms with E-state index in [-0.39, 0.29) is 6.10 Å². The number of aromatic amines is 1. The summed E-state index contributed by atoms with van der Waals surface area (Å²) in [5, 5.41) is 9.91. The van der Waals surface area contributed by atoms with Gasteiger partial charge in [0.05, 0.1) is 24.9 Å². The van der Waals surface area contributed by atoms with Crippen molar-refractivity contribution in [1.29, 1.82) is 0 Å². The largest absolute Gasteiger partial charge is 0.411 e. The van der Waals surface area contributed by atoms with Gasteiger partial charge in [0.15, 0.2) is 0 Å². The highest BCUT2D eigenvalue weighted by atomic mass is 32.2. The summed E-state index contributed by atoms with van der Waals surface area (Å²) < 4.78 is 16.9. The normalized spacial score (nSPS) is 17.8. The smallest absolute Gasteiger partial charge is 0.276 e. The number of H-pyrrole nitrogens is 1. The first-order chi connectivity index (χ1) is 11.9. The number of aromatic nitrogens is 3. The summed E-state index contributed by atoms with van der Waals surface area (Å²) >= 11 is 1.51. The van der Waals surface area contributed by atoms with Crippen LogP contribution in [0.1, 0.15) is 12.8 Å². The number of nitrogens with one attached hydrogen (secondary N) is 1. The van der Waals surface area contributed by atoms with Gasteiger partial charge in [0.1, 0.15) is 0 Å². The molecule has 1 N–H and O–H groups in total. The van der Waals surface area contributed by atoms with E-state index < -0.39 is 0 Å². The van der Waals surface area contributed by atoms with Gasteiger partial charge in [-0.3, -0.25) is 0 Å². The molecule has 3 aromatic rings.